The van der Waals surface area contributed by atoms with Gasteiger partial charge >= 0.3 is 0 Å². The van der Waals surface area contributed by atoms with Gasteiger partial charge in [0.05, 0.1) is 5.92 Å². The van der Waals surface area contributed by atoms with Crippen molar-refractivity contribution >= 4 is 18.3 Å². The second-order valence-corrected chi connectivity index (χ2v) is 6.20. The van der Waals surface area contributed by atoms with Crippen LogP contribution in [0.15, 0.2) is 4.52 Å². The van der Waals surface area contributed by atoms with E-state index in [2.05, 4.69) is 20.4 Å². The topological polar surface area (TPSA) is 74.5 Å². The fourth-order valence-electron chi connectivity index (χ4n) is 3.27. The van der Waals surface area contributed by atoms with Crippen LogP contribution in [-0.2, 0) is 4.79 Å². The maximum absolute atomic E-state index is 12.2. The number of rotatable bonds is 4. The molecular formula is C15H26ClN5O2. The number of amides is 1. The molecule has 1 N–H and O–H groups in total. The third-order valence-electron chi connectivity index (χ3n) is 4.51. The van der Waals surface area contributed by atoms with E-state index in [-0.39, 0.29) is 18.3 Å². The summed E-state index contributed by atoms with van der Waals surface area (Å²) in [6.07, 6.45) is 2.81. The van der Waals surface area contributed by atoms with Crippen molar-refractivity contribution in [2.24, 2.45) is 0 Å². The number of hydrogen-bond donors (Lipinski definition) is 1. The summed E-state index contributed by atoms with van der Waals surface area (Å²) in [5, 5.41) is 7.15. The largest absolute Gasteiger partial charge is 0.340 e. The van der Waals surface area contributed by atoms with Gasteiger partial charge in [0.1, 0.15) is 0 Å². The lowest BCUT2D eigenvalue weighted by molar-refractivity contribution is -0.132. The number of hydrogen-bond acceptors (Lipinski definition) is 6. The Morgan fingerprint density at radius 3 is 2.83 bits per heavy atom. The van der Waals surface area contributed by atoms with E-state index >= 15 is 0 Å². The Kier molecular flexibility index (Phi) is 6.80. The second-order valence-electron chi connectivity index (χ2n) is 6.20. The lowest BCUT2D eigenvalue weighted by atomic mass is 9.98. The zero-order valence-electron chi connectivity index (χ0n) is 13.7. The van der Waals surface area contributed by atoms with E-state index in [0.717, 1.165) is 64.5 Å². The number of carbonyl (C=O) groups is 1. The summed E-state index contributed by atoms with van der Waals surface area (Å²) in [5.41, 5.74) is 0. The van der Waals surface area contributed by atoms with Gasteiger partial charge in [-0.15, -0.1) is 12.4 Å². The van der Waals surface area contributed by atoms with Crippen molar-refractivity contribution in [2.75, 3.05) is 45.8 Å². The Morgan fingerprint density at radius 1 is 1.35 bits per heavy atom. The molecule has 0 aromatic carbocycles. The summed E-state index contributed by atoms with van der Waals surface area (Å²) in [4.78, 5) is 20.9. The Balaban J connectivity index is 0.00000192. The van der Waals surface area contributed by atoms with Gasteiger partial charge in [-0.2, -0.15) is 4.98 Å². The SMILES string of the molecule is Cc1noc(C2CCCN(CCC(=O)N3CCNCC3)C2)n1.Cl. The van der Waals surface area contributed by atoms with E-state index in [1.165, 1.54) is 0 Å². The van der Waals surface area contributed by atoms with Crippen molar-refractivity contribution in [3.05, 3.63) is 11.7 Å². The fourth-order valence-corrected chi connectivity index (χ4v) is 3.27. The minimum absolute atomic E-state index is 0. The van der Waals surface area contributed by atoms with Crippen LogP contribution in [0.5, 0.6) is 0 Å². The van der Waals surface area contributed by atoms with Gasteiger partial charge in [0.25, 0.3) is 0 Å². The average Bonchev–Trinajstić information content (AvgIpc) is 3.00. The Bertz CT molecular complexity index is 504. The molecule has 0 aliphatic carbocycles. The van der Waals surface area contributed by atoms with Crippen LogP contribution in [0.4, 0.5) is 0 Å². The molecule has 1 amide bonds. The first kappa shape index (κ1) is 18.2. The molecule has 1 aromatic rings. The first-order valence-corrected chi connectivity index (χ1v) is 8.23. The van der Waals surface area contributed by atoms with Crippen molar-refractivity contribution in [3.63, 3.8) is 0 Å². The molecule has 3 heterocycles. The van der Waals surface area contributed by atoms with Crippen LogP contribution >= 0.6 is 12.4 Å². The lowest BCUT2D eigenvalue weighted by Gasteiger charge is -2.32. The normalized spacial score (nSPS) is 22.7. The number of aromatic nitrogens is 2. The average molecular weight is 344 g/mol. The van der Waals surface area contributed by atoms with Gasteiger partial charge in [-0.05, 0) is 26.3 Å². The van der Waals surface area contributed by atoms with E-state index in [1.807, 2.05) is 11.8 Å². The molecule has 130 valence electrons. The molecule has 0 saturated carbocycles. The smallest absolute Gasteiger partial charge is 0.231 e. The second kappa shape index (κ2) is 8.61. The maximum atomic E-state index is 12.2. The molecule has 0 radical (unpaired) electrons. The molecule has 23 heavy (non-hydrogen) atoms. The zero-order valence-corrected chi connectivity index (χ0v) is 14.5. The molecule has 3 rings (SSSR count). The van der Waals surface area contributed by atoms with Crippen molar-refractivity contribution < 1.29 is 9.32 Å². The van der Waals surface area contributed by atoms with Gasteiger partial charge in [-0.3, -0.25) is 4.79 Å². The van der Waals surface area contributed by atoms with E-state index in [1.54, 1.807) is 0 Å². The van der Waals surface area contributed by atoms with Crippen LogP contribution in [0.1, 0.15) is 36.9 Å². The summed E-state index contributed by atoms with van der Waals surface area (Å²) in [5.74, 6) is 2.03. The number of nitrogens with one attached hydrogen (secondary N) is 1. The highest BCUT2D eigenvalue weighted by molar-refractivity contribution is 5.85. The van der Waals surface area contributed by atoms with E-state index in [9.17, 15) is 4.79 Å². The minimum atomic E-state index is 0. The zero-order chi connectivity index (χ0) is 15.4. The quantitative estimate of drug-likeness (QED) is 0.871. The fraction of sp³-hybridized carbons (Fsp3) is 0.800. The molecule has 2 aliphatic heterocycles. The van der Waals surface area contributed by atoms with Gasteiger partial charge in [-0.1, -0.05) is 5.16 Å². The molecular weight excluding hydrogens is 318 g/mol. The maximum Gasteiger partial charge on any atom is 0.231 e. The Hall–Kier alpha value is -1.18. The molecule has 7 nitrogen and oxygen atoms in total. The third-order valence-corrected chi connectivity index (χ3v) is 4.51. The van der Waals surface area contributed by atoms with E-state index in [4.69, 9.17) is 4.52 Å². The van der Waals surface area contributed by atoms with Gasteiger partial charge in [-0.25, -0.2) is 0 Å². The standard InChI is InChI=1S/C15H25N5O2.ClH/c1-12-17-15(22-18-12)13-3-2-7-19(11-13)8-4-14(21)20-9-5-16-6-10-20;/h13,16H,2-11H2,1H3;1H. The number of carbonyl (C=O) groups excluding carboxylic acids is 1. The summed E-state index contributed by atoms with van der Waals surface area (Å²) in [7, 11) is 0. The van der Waals surface area contributed by atoms with Crippen molar-refractivity contribution in [3.8, 4) is 0 Å². The van der Waals surface area contributed by atoms with Crippen LogP contribution in [0.3, 0.4) is 0 Å². The number of piperidine rings is 1. The van der Waals surface area contributed by atoms with E-state index < -0.39 is 0 Å². The summed E-state index contributed by atoms with van der Waals surface area (Å²) in [6, 6.07) is 0. The Labute approximate surface area is 143 Å². The molecule has 1 atom stereocenters. The molecule has 2 aliphatic rings. The first-order valence-electron chi connectivity index (χ1n) is 8.23. The molecule has 0 bridgehead atoms. The number of nitrogens with zero attached hydrogens (tertiary/aromatic N) is 4. The summed E-state index contributed by atoms with van der Waals surface area (Å²) in [6.45, 7) is 8.13. The molecule has 2 fully saturated rings. The molecule has 1 unspecified atom stereocenters. The molecule has 0 spiro atoms. The van der Waals surface area contributed by atoms with E-state index in [0.29, 0.717) is 18.2 Å². The third kappa shape index (κ3) is 4.89. The van der Waals surface area contributed by atoms with Crippen LogP contribution in [-0.4, -0.2) is 71.7 Å². The summed E-state index contributed by atoms with van der Waals surface area (Å²) >= 11 is 0. The highest BCUT2D eigenvalue weighted by Crippen LogP contribution is 2.25. The van der Waals surface area contributed by atoms with Crippen molar-refractivity contribution in [1.82, 2.24) is 25.3 Å². The lowest BCUT2D eigenvalue weighted by Crippen LogP contribution is -2.47. The van der Waals surface area contributed by atoms with Gasteiger partial charge in [0, 0.05) is 45.7 Å². The van der Waals surface area contributed by atoms with Crippen LogP contribution in [0.25, 0.3) is 0 Å². The van der Waals surface area contributed by atoms with Crippen LogP contribution < -0.4 is 5.32 Å². The number of piperazine rings is 1. The van der Waals surface area contributed by atoms with Crippen molar-refractivity contribution in [1.29, 1.82) is 0 Å². The van der Waals surface area contributed by atoms with Gasteiger partial charge in [0.2, 0.25) is 11.8 Å². The number of halogens is 1. The highest BCUT2D eigenvalue weighted by Gasteiger charge is 2.26. The minimum Gasteiger partial charge on any atom is -0.340 e. The van der Waals surface area contributed by atoms with Gasteiger partial charge < -0.3 is 19.6 Å². The molecule has 2 saturated heterocycles. The van der Waals surface area contributed by atoms with Crippen molar-refractivity contribution in [2.45, 2.75) is 32.1 Å². The van der Waals surface area contributed by atoms with Crippen LogP contribution in [0, 0.1) is 6.92 Å². The highest BCUT2D eigenvalue weighted by atomic mass is 35.5. The molecule has 1 aromatic heterocycles. The summed E-state index contributed by atoms with van der Waals surface area (Å²) < 4.78 is 5.30. The monoisotopic (exact) mass is 343 g/mol. The first-order chi connectivity index (χ1) is 10.7. The number of likely N-dealkylation sites (tertiary alicyclic amines) is 1. The molecule has 8 heteroatoms. The van der Waals surface area contributed by atoms with Crippen LogP contribution in [0.2, 0.25) is 0 Å². The predicted octanol–water partition coefficient (Wildman–Crippen LogP) is 0.801. The van der Waals surface area contributed by atoms with Gasteiger partial charge in [0.15, 0.2) is 5.82 Å². The Morgan fingerprint density at radius 2 is 2.13 bits per heavy atom. The number of aryl methyl sites for hydroxylation is 1. The predicted molar refractivity (Wildman–Crippen MR) is 88.8 cm³/mol.